The van der Waals surface area contributed by atoms with Gasteiger partial charge in [0.2, 0.25) is 11.7 Å². The van der Waals surface area contributed by atoms with Gasteiger partial charge in [-0.2, -0.15) is 13.8 Å². The van der Waals surface area contributed by atoms with Gasteiger partial charge in [0.05, 0.1) is 12.2 Å². The number of carbonyl (C=O) groups excluding carboxylic acids is 1. The average molecular weight is 392 g/mol. The van der Waals surface area contributed by atoms with Gasteiger partial charge < -0.3 is 9.26 Å². The fourth-order valence-corrected chi connectivity index (χ4v) is 2.73. The summed E-state index contributed by atoms with van der Waals surface area (Å²) in [4.78, 5) is 24.1. The van der Waals surface area contributed by atoms with Crippen LogP contribution in [0.2, 0.25) is 0 Å². The highest BCUT2D eigenvalue weighted by molar-refractivity contribution is 7.99. The van der Waals surface area contributed by atoms with Crippen molar-refractivity contribution in [2.45, 2.75) is 23.6 Å². The number of esters is 1. The summed E-state index contributed by atoms with van der Waals surface area (Å²) in [7, 11) is 0. The molecule has 3 aromatic rings. The number of thioether (sulfide) groups is 1. The van der Waals surface area contributed by atoms with Crippen molar-refractivity contribution in [2.24, 2.45) is 0 Å². The van der Waals surface area contributed by atoms with E-state index in [-0.39, 0.29) is 29.0 Å². The second-order valence-corrected chi connectivity index (χ2v) is 6.21. The smallest absolute Gasteiger partial charge is 0.340 e. The van der Waals surface area contributed by atoms with E-state index in [2.05, 4.69) is 20.1 Å². The molecule has 0 aliphatic carbocycles. The maximum absolute atomic E-state index is 12.5. The third kappa shape index (κ3) is 5.30. The topological polar surface area (TPSA) is 91.0 Å². The summed E-state index contributed by atoms with van der Waals surface area (Å²) in [5, 5.41) is 3.81. The van der Waals surface area contributed by atoms with Crippen LogP contribution in [0, 0.1) is 0 Å². The van der Waals surface area contributed by atoms with Gasteiger partial charge in [-0.25, -0.2) is 9.78 Å². The van der Waals surface area contributed by atoms with E-state index >= 15 is 0 Å². The summed E-state index contributed by atoms with van der Waals surface area (Å²) < 4.78 is 35.3. The Labute approximate surface area is 157 Å². The number of alkyl halides is 2. The van der Waals surface area contributed by atoms with Crippen molar-refractivity contribution in [3.8, 4) is 11.4 Å². The summed E-state index contributed by atoms with van der Waals surface area (Å²) in [5.74, 6) is -2.54. The number of ether oxygens (including phenoxy) is 1. The summed E-state index contributed by atoms with van der Waals surface area (Å²) in [6.07, 6.45) is 5.47. The molecule has 0 saturated carbocycles. The summed E-state index contributed by atoms with van der Waals surface area (Å²) in [6.45, 7) is 0.0805. The SMILES string of the molecule is O=C(OCCCc1nc(-c2cccnc2)no1)c1cccnc1SC(F)F. The number of nitrogens with zero attached hydrogens (tertiary/aromatic N) is 4. The quantitative estimate of drug-likeness (QED) is 0.326. The molecule has 10 heteroatoms. The predicted molar refractivity (Wildman–Crippen MR) is 92.2 cm³/mol. The Morgan fingerprint density at radius 1 is 1.26 bits per heavy atom. The third-order valence-corrected chi connectivity index (χ3v) is 4.07. The summed E-state index contributed by atoms with van der Waals surface area (Å²) in [6, 6.07) is 6.47. The van der Waals surface area contributed by atoms with Crippen LogP contribution in [-0.4, -0.2) is 38.4 Å². The van der Waals surface area contributed by atoms with Crippen LogP contribution in [0.25, 0.3) is 11.4 Å². The summed E-state index contributed by atoms with van der Waals surface area (Å²) >= 11 is 0.206. The first-order valence-electron chi connectivity index (χ1n) is 7.93. The molecule has 0 atom stereocenters. The normalized spacial score (nSPS) is 10.9. The van der Waals surface area contributed by atoms with Gasteiger partial charge in [-0.15, -0.1) is 0 Å². The zero-order valence-corrected chi connectivity index (χ0v) is 14.7. The lowest BCUT2D eigenvalue weighted by atomic mass is 10.3. The van der Waals surface area contributed by atoms with Crippen LogP contribution in [0.15, 0.2) is 52.4 Å². The Bertz CT molecular complexity index is 893. The molecule has 0 spiro atoms. The predicted octanol–water partition coefficient (Wildman–Crippen LogP) is 3.63. The second kappa shape index (κ2) is 9.17. The largest absolute Gasteiger partial charge is 0.462 e. The molecule has 0 unspecified atom stereocenters. The first-order chi connectivity index (χ1) is 13.1. The number of rotatable bonds is 8. The Morgan fingerprint density at radius 2 is 2.11 bits per heavy atom. The number of hydrogen-bond donors (Lipinski definition) is 0. The van der Waals surface area contributed by atoms with E-state index in [1.54, 1.807) is 18.5 Å². The number of carbonyl (C=O) groups is 1. The van der Waals surface area contributed by atoms with Crippen LogP contribution in [0.4, 0.5) is 8.78 Å². The van der Waals surface area contributed by atoms with Gasteiger partial charge >= 0.3 is 5.97 Å². The van der Waals surface area contributed by atoms with Crippen molar-refractivity contribution in [1.82, 2.24) is 20.1 Å². The lowest BCUT2D eigenvalue weighted by Gasteiger charge is -2.07. The van der Waals surface area contributed by atoms with Gasteiger partial charge in [-0.05, 0) is 42.4 Å². The van der Waals surface area contributed by atoms with Gasteiger partial charge in [0, 0.05) is 30.6 Å². The molecule has 3 aromatic heterocycles. The molecule has 7 nitrogen and oxygen atoms in total. The van der Waals surface area contributed by atoms with E-state index in [4.69, 9.17) is 9.26 Å². The third-order valence-electron chi connectivity index (χ3n) is 3.35. The molecule has 0 N–H and O–H groups in total. The standard InChI is InChI=1S/C17H14F2N4O3S/c18-17(19)27-15-12(5-2-8-21-15)16(24)25-9-3-6-13-22-14(23-26-13)11-4-1-7-20-10-11/h1-2,4-5,7-8,10,17H,3,6,9H2. The van der Waals surface area contributed by atoms with Gasteiger partial charge in [-0.3, -0.25) is 4.98 Å². The monoisotopic (exact) mass is 392 g/mol. The Balaban J connectivity index is 1.50. The van der Waals surface area contributed by atoms with Crippen molar-refractivity contribution in [3.63, 3.8) is 0 Å². The van der Waals surface area contributed by atoms with E-state index in [9.17, 15) is 13.6 Å². The van der Waals surface area contributed by atoms with E-state index in [1.807, 2.05) is 6.07 Å². The number of aromatic nitrogens is 4. The van der Waals surface area contributed by atoms with Gasteiger partial charge in [-0.1, -0.05) is 5.16 Å². The number of hydrogen-bond acceptors (Lipinski definition) is 8. The molecule has 0 radical (unpaired) electrons. The van der Waals surface area contributed by atoms with Crippen molar-refractivity contribution < 1.29 is 22.8 Å². The van der Waals surface area contributed by atoms with Crippen molar-refractivity contribution >= 4 is 17.7 Å². The van der Waals surface area contributed by atoms with E-state index < -0.39 is 11.7 Å². The molecular formula is C17H14F2N4O3S. The molecule has 0 aliphatic heterocycles. The minimum Gasteiger partial charge on any atom is -0.462 e. The highest BCUT2D eigenvalue weighted by atomic mass is 32.2. The molecule has 0 saturated heterocycles. The Morgan fingerprint density at radius 3 is 2.89 bits per heavy atom. The molecule has 0 aliphatic rings. The first kappa shape index (κ1) is 18.9. The highest BCUT2D eigenvalue weighted by Gasteiger charge is 2.18. The molecule has 140 valence electrons. The lowest BCUT2D eigenvalue weighted by molar-refractivity contribution is 0.0493. The maximum atomic E-state index is 12.5. The van der Waals surface area contributed by atoms with Gasteiger partial charge in [0.15, 0.2) is 0 Å². The maximum Gasteiger partial charge on any atom is 0.340 e. The fourth-order valence-electron chi connectivity index (χ4n) is 2.16. The molecule has 0 fully saturated rings. The van der Waals surface area contributed by atoms with Crippen LogP contribution in [0.1, 0.15) is 22.7 Å². The van der Waals surface area contributed by atoms with E-state index in [0.717, 1.165) is 5.56 Å². The molecule has 0 amide bonds. The van der Waals surface area contributed by atoms with Crippen LogP contribution in [0.3, 0.4) is 0 Å². The zero-order valence-electron chi connectivity index (χ0n) is 13.9. The van der Waals surface area contributed by atoms with E-state index in [1.165, 1.54) is 18.3 Å². The van der Waals surface area contributed by atoms with Crippen molar-refractivity contribution in [1.29, 1.82) is 0 Å². The molecular weight excluding hydrogens is 378 g/mol. The Hall–Kier alpha value is -2.88. The second-order valence-electron chi connectivity index (χ2n) is 5.23. The average Bonchev–Trinajstić information content (AvgIpc) is 3.15. The van der Waals surface area contributed by atoms with Crippen LogP contribution >= 0.6 is 11.8 Å². The van der Waals surface area contributed by atoms with Gasteiger partial charge in [0.1, 0.15) is 5.03 Å². The highest BCUT2D eigenvalue weighted by Crippen LogP contribution is 2.26. The molecule has 3 heterocycles. The minimum absolute atomic E-state index is 0.0134. The van der Waals surface area contributed by atoms with E-state index in [0.29, 0.717) is 24.6 Å². The van der Waals surface area contributed by atoms with Crippen LogP contribution in [0.5, 0.6) is 0 Å². The first-order valence-corrected chi connectivity index (χ1v) is 8.81. The number of aryl methyl sites for hydroxylation is 1. The molecule has 0 bridgehead atoms. The summed E-state index contributed by atoms with van der Waals surface area (Å²) in [5.41, 5.74) is 0.749. The molecule has 3 rings (SSSR count). The Kier molecular flexibility index (Phi) is 6.42. The van der Waals surface area contributed by atoms with Crippen LogP contribution < -0.4 is 0 Å². The lowest BCUT2D eigenvalue weighted by Crippen LogP contribution is -2.09. The van der Waals surface area contributed by atoms with Crippen molar-refractivity contribution in [3.05, 3.63) is 54.3 Å². The fraction of sp³-hybridized carbons (Fsp3) is 0.235. The van der Waals surface area contributed by atoms with Gasteiger partial charge in [0.25, 0.3) is 5.76 Å². The minimum atomic E-state index is -2.67. The number of pyridine rings is 2. The van der Waals surface area contributed by atoms with Crippen LogP contribution in [-0.2, 0) is 11.2 Å². The molecule has 0 aromatic carbocycles. The number of halogens is 2. The zero-order chi connectivity index (χ0) is 19.1. The van der Waals surface area contributed by atoms with Crippen molar-refractivity contribution in [2.75, 3.05) is 6.61 Å². The molecule has 27 heavy (non-hydrogen) atoms.